The van der Waals surface area contributed by atoms with Crippen LogP contribution in [0.3, 0.4) is 0 Å². The van der Waals surface area contributed by atoms with Crippen LogP contribution in [-0.2, 0) is 4.79 Å². The van der Waals surface area contributed by atoms with E-state index < -0.39 is 5.60 Å². The van der Waals surface area contributed by atoms with Crippen molar-refractivity contribution in [1.29, 1.82) is 0 Å². The first-order valence-corrected chi connectivity index (χ1v) is 7.18. The monoisotopic (exact) mass is 292 g/mol. The summed E-state index contributed by atoms with van der Waals surface area (Å²) < 4.78 is 0. The zero-order chi connectivity index (χ0) is 15.9. The molecular formula is C16H24N2O3. The van der Waals surface area contributed by atoms with E-state index in [-0.39, 0.29) is 24.9 Å². The SMILES string of the molecule is CCCC(C)(O)CNC(=O)CNC(=O)c1ccc(C)cc1. The van der Waals surface area contributed by atoms with Gasteiger partial charge in [-0.3, -0.25) is 9.59 Å². The molecular weight excluding hydrogens is 268 g/mol. The molecule has 0 heterocycles. The van der Waals surface area contributed by atoms with Crippen LogP contribution >= 0.6 is 0 Å². The van der Waals surface area contributed by atoms with Gasteiger partial charge in [0, 0.05) is 12.1 Å². The normalized spacial score (nSPS) is 13.3. The van der Waals surface area contributed by atoms with Crippen molar-refractivity contribution in [1.82, 2.24) is 10.6 Å². The van der Waals surface area contributed by atoms with Gasteiger partial charge in [0.25, 0.3) is 5.91 Å². The number of hydrogen-bond acceptors (Lipinski definition) is 3. The standard InChI is InChI=1S/C16H24N2O3/c1-4-9-16(3,21)11-18-14(19)10-17-15(20)13-7-5-12(2)6-8-13/h5-8,21H,4,9-11H2,1-3H3,(H,17,20)(H,18,19). The maximum absolute atomic E-state index is 11.8. The number of aliphatic hydroxyl groups is 1. The molecule has 0 radical (unpaired) electrons. The Balaban J connectivity index is 2.36. The number of carbonyl (C=O) groups is 2. The number of rotatable bonds is 7. The number of carbonyl (C=O) groups excluding carboxylic acids is 2. The molecule has 0 aromatic heterocycles. The molecule has 21 heavy (non-hydrogen) atoms. The van der Waals surface area contributed by atoms with Crippen LogP contribution in [0.15, 0.2) is 24.3 Å². The molecule has 0 aliphatic carbocycles. The molecule has 0 fully saturated rings. The summed E-state index contributed by atoms with van der Waals surface area (Å²) in [6.45, 7) is 5.67. The van der Waals surface area contributed by atoms with E-state index in [2.05, 4.69) is 10.6 Å². The van der Waals surface area contributed by atoms with Gasteiger partial charge in [0.2, 0.25) is 5.91 Å². The Labute approximate surface area is 125 Å². The first kappa shape index (κ1) is 17.2. The van der Waals surface area contributed by atoms with Crippen LogP contribution in [-0.4, -0.2) is 35.6 Å². The van der Waals surface area contributed by atoms with Crippen LogP contribution in [0.4, 0.5) is 0 Å². The molecule has 0 aliphatic rings. The van der Waals surface area contributed by atoms with Crippen molar-refractivity contribution < 1.29 is 14.7 Å². The third-order valence-corrected chi connectivity index (χ3v) is 3.18. The van der Waals surface area contributed by atoms with Crippen molar-refractivity contribution in [3.63, 3.8) is 0 Å². The van der Waals surface area contributed by atoms with Crippen LogP contribution in [0.25, 0.3) is 0 Å². The summed E-state index contributed by atoms with van der Waals surface area (Å²) in [5.74, 6) is -0.600. The first-order valence-electron chi connectivity index (χ1n) is 7.18. The van der Waals surface area contributed by atoms with Gasteiger partial charge in [-0.05, 0) is 32.4 Å². The van der Waals surface area contributed by atoms with Gasteiger partial charge in [-0.15, -0.1) is 0 Å². The second-order valence-electron chi connectivity index (χ2n) is 5.57. The van der Waals surface area contributed by atoms with Gasteiger partial charge in [-0.25, -0.2) is 0 Å². The summed E-state index contributed by atoms with van der Waals surface area (Å²) in [6.07, 6.45) is 1.45. The molecule has 0 aliphatic heterocycles. The molecule has 1 atom stereocenters. The second kappa shape index (κ2) is 7.78. The Morgan fingerprint density at radius 1 is 1.19 bits per heavy atom. The molecule has 0 saturated carbocycles. The van der Waals surface area contributed by atoms with Gasteiger partial charge >= 0.3 is 0 Å². The number of aryl methyl sites for hydroxylation is 1. The van der Waals surface area contributed by atoms with Crippen LogP contribution in [0.2, 0.25) is 0 Å². The van der Waals surface area contributed by atoms with Crippen LogP contribution < -0.4 is 10.6 Å². The van der Waals surface area contributed by atoms with E-state index >= 15 is 0 Å². The Kier molecular flexibility index (Phi) is 6.37. The average molecular weight is 292 g/mol. The zero-order valence-corrected chi connectivity index (χ0v) is 12.9. The molecule has 0 saturated heterocycles. The van der Waals surface area contributed by atoms with E-state index in [1.165, 1.54) is 0 Å². The molecule has 1 unspecified atom stereocenters. The van der Waals surface area contributed by atoms with Crippen molar-refractivity contribution in [2.45, 2.75) is 39.2 Å². The first-order chi connectivity index (χ1) is 9.84. The molecule has 0 bridgehead atoms. The number of nitrogens with one attached hydrogen (secondary N) is 2. The topological polar surface area (TPSA) is 78.4 Å². The number of hydrogen-bond donors (Lipinski definition) is 3. The van der Waals surface area contributed by atoms with Crippen LogP contribution in [0, 0.1) is 6.92 Å². The predicted molar refractivity (Wildman–Crippen MR) is 82.1 cm³/mol. The van der Waals surface area contributed by atoms with Gasteiger partial charge in [-0.1, -0.05) is 31.0 Å². The highest BCUT2D eigenvalue weighted by Crippen LogP contribution is 2.09. The highest BCUT2D eigenvalue weighted by molar-refractivity contribution is 5.96. The van der Waals surface area contributed by atoms with Gasteiger partial charge in [-0.2, -0.15) is 0 Å². The van der Waals surface area contributed by atoms with Crippen molar-refractivity contribution in [3.05, 3.63) is 35.4 Å². The summed E-state index contributed by atoms with van der Waals surface area (Å²) in [7, 11) is 0. The Morgan fingerprint density at radius 3 is 2.38 bits per heavy atom. The minimum absolute atomic E-state index is 0.102. The smallest absolute Gasteiger partial charge is 0.251 e. The van der Waals surface area contributed by atoms with E-state index in [0.29, 0.717) is 12.0 Å². The highest BCUT2D eigenvalue weighted by atomic mass is 16.3. The van der Waals surface area contributed by atoms with E-state index in [9.17, 15) is 14.7 Å². The third kappa shape index (κ3) is 6.40. The van der Waals surface area contributed by atoms with Crippen LogP contribution in [0.1, 0.15) is 42.6 Å². The maximum atomic E-state index is 11.8. The summed E-state index contributed by atoms with van der Waals surface area (Å²) in [4.78, 5) is 23.5. The minimum Gasteiger partial charge on any atom is -0.388 e. The Bertz CT molecular complexity index is 481. The summed E-state index contributed by atoms with van der Waals surface area (Å²) in [5.41, 5.74) is 0.680. The second-order valence-corrected chi connectivity index (χ2v) is 5.57. The summed E-state index contributed by atoms with van der Waals surface area (Å²) >= 11 is 0. The van der Waals surface area contributed by atoms with E-state index in [4.69, 9.17) is 0 Å². The van der Waals surface area contributed by atoms with Gasteiger partial charge < -0.3 is 15.7 Å². The number of amides is 2. The fourth-order valence-corrected chi connectivity index (χ4v) is 1.95. The van der Waals surface area contributed by atoms with Gasteiger partial charge in [0.05, 0.1) is 12.1 Å². The molecule has 3 N–H and O–H groups in total. The predicted octanol–water partition coefficient (Wildman–Crippen LogP) is 1.39. The molecule has 5 heteroatoms. The zero-order valence-electron chi connectivity index (χ0n) is 12.9. The Hall–Kier alpha value is -1.88. The molecule has 1 rings (SSSR count). The maximum Gasteiger partial charge on any atom is 0.251 e. The fourth-order valence-electron chi connectivity index (χ4n) is 1.95. The van der Waals surface area contributed by atoms with Gasteiger partial charge in [0.15, 0.2) is 0 Å². The van der Waals surface area contributed by atoms with Crippen molar-refractivity contribution in [2.75, 3.05) is 13.1 Å². The third-order valence-electron chi connectivity index (χ3n) is 3.18. The molecule has 116 valence electrons. The number of benzene rings is 1. The Morgan fingerprint density at radius 2 is 1.81 bits per heavy atom. The van der Waals surface area contributed by atoms with Crippen molar-refractivity contribution in [2.24, 2.45) is 0 Å². The van der Waals surface area contributed by atoms with E-state index in [0.717, 1.165) is 12.0 Å². The average Bonchev–Trinajstić information content (AvgIpc) is 2.43. The quantitative estimate of drug-likeness (QED) is 0.710. The lowest BCUT2D eigenvalue weighted by molar-refractivity contribution is -0.121. The fraction of sp³-hybridized carbons (Fsp3) is 0.500. The summed E-state index contributed by atoms with van der Waals surface area (Å²) in [5, 5.41) is 15.1. The highest BCUT2D eigenvalue weighted by Gasteiger charge is 2.19. The van der Waals surface area contributed by atoms with Gasteiger partial charge in [0.1, 0.15) is 0 Å². The molecule has 5 nitrogen and oxygen atoms in total. The van der Waals surface area contributed by atoms with Crippen molar-refractivity contribution >= 4 is 11.8 Å². The van der Waals surface area contributed by atoms with Crippen LogP contribution in [0.5, 0.6) is 0 Å². The lowest BCUT2D eigenvalue weighted by Crippen LogP contribution is -2.44. The molecule has 2 amide bonds. The lowest BCUT2D eigenvalue weighted by Gasteiger charge is -2.22. The van der Waals surface area contributed by atoms with E-state index in [1.54, 1.807) is 19.1 Å². The molecule has 1 aromatic carbocycles. The lowest BCUT2D eigenvalue weighted by atomic mass is 10.0. The molecule has 0 spiro atoms. The minimum atomic E-state index is -0.911. The molecule has 1 aromatic rings. The summed E-state index contributed by atoms with van der Waals surface area (Å²) in [6, 6.07) is 7.12. The van der Waals surface area contributed by atoms with E-state index in [1.807, 2.05) is 26.0 Å². The van der Waals surface area contributed by atoms with Crippen molar-refractivity contribution in [3.8, 4) is 0 Å². The largest absolute Gasteiger partial charge is 0.388 e.